The van der Waals surface area contributed by atoms with Gasteiger partial charge in [-0.3, -0.25) is 4.79 Å². The number of alkyl halides is 6. The molecule has 1 N–H and O–H groups in total. The first-order chi connectivity index (χ1) is 15.4. The van der Waals surface area contributed by atoms with Crippen LogP contribution in [0.4, 0.5) is 37.7 Å². The van der Waals surface area contributed by atoms with Gasteiger partial charge in [-0.2, -0.15) is 26.3 Å². The highest BCUT2D eigenvalue weighted by atomic mass is 19.4. The molecule has 33 heavy (non-hydrogen) atoms. The van der Waals surface area contributed by atoms with Gasteiger partial charge in [0.2, 0.25) is 0 Å². The van der Waals surface area contributed by atoms with Crippen molar-refractivity contribution in [3.63, 3.8) is 0 Å². The predicted octanol–water partition coefficient (Wildman–Crippen LogP) is 7.41. The molecule has 1 amide bonds. The monoisotopic (exact) mass is 468 g/mol. The van der Waals surface area contributed by atoms with Crippen molar-refractivity contribution >= 4 is 28.1 Å². The Kier molecular flexibility index (Phi) is 6.63. The van der Waals surface area contributed by atoms with Crippen LogP contribution in [0.2, 0.25) is 0 Å². The summed E-state index contributed by atoms with van der Waals surface area (Å²) in [7, 11) is 0. The van der Waals surface area contributed by atoms with Gasteiger partial charge in [-0.15, -0.1) is 0 Å². The van der Waals surface area contributed by atoms with Gasteiger partial charge in [-0.1, -0.05) is 18.2 Å². The Morgan fingerprint density at radius 1 is 0.879 bits per heavy atom. The molecule has 0 bridgehead atoms. The highest BCUT2D eigenvalue weighted by molar-refractivity contribution is 6.12. The first-order valence-electron chi connectivity index (χ1n) is 10.3. The second-order valence-electron chi connectivity index (χ2n) is 7.52. The molecule has 0 radical (unpaired) electrons. The molecule has 0 aliphatic carbocycles. The van der Waals surface area contributed by atoms with E-state index in [2.05, 4.69) is 5.32 Å². The average Bonchev–Trinajstić information content (AvgIpc) is 2.73. The maximum atomic E-state index is 13.5. The Labute approximate surface area is 187 Å². The Hall–Kier alpha value is -3.23. The van der Waals surface area contributed by atoms with Gasteiger partial charge in [0.25, 0.3) is 5.91 Å². The van der Waals surface area contributed by atoms with Crippen LogP contribution in [0.3, 0.4) is 0 Å². The lowest BCUT2D eigenvalue weighted by Gasteiger charge is -2.22. The quantitative estimate of drug-likeness (QED) is 0.396. The van der Waals surface area contributed by atoms with Gasteiger partial charge < -0.3 is 10.2 Å². The number of carbonyl (C=O) groups is 1. The Balaban J connectivity index is 2.20. The smallest absolute Gasteiger partial charge is 0.355 e. The molecule has 3 rings (SSSR count). The van der Waals surface area contributed by atoms with Crippen LogP contribution < -0.4 is 5.32 Å². The Morgan fingerprint density at radius 2 is 1.55 bits per heavy atom. The lowest BCUT2D eigenvalue weighted by Crippen LogP contribution is -2.30. The first-order valence-corrected chi connectivity index (χ1v) is 10.3. The number of benzene rings is 3. The zero-order valence-electron chi connectivity index (χ0n) is 18.2. The standard InChI is InChI=1S/C24H22F6N2O/c1-4-32(5-2)22(33)17-10-12-19(16-8-6-7-14(3)21(16)17)31-20-13-15(23(25,26)27)9-11-18(20)24(28,29)30/h6-13,31H,4-5H2,1-3H3. The van der Waals surface area contributed by atoms with Gasteiger partial charge in [0.1, 0.15) is 0 Å². The van der Waals surface area contributed by atoms with E-state index in [1.807, 2.05) is 13.8 Å². The molecule has 0 fully saturated rings. The van der Waals surface area contributed by atoms with Crippen molar-refractivity contribution in [3.05, 3.63) is 70.8 Å². The molecule has 0 heterocycles. The third-order valence-electron chi connectivity index (χ3n) is 5.45. The summed E-state index contributed by atoms with van der Waals surface area (Å²) < 4.78 is 80.1. The average molecular weight is 468 g/mol. The van der Waals surface area contributed by atoms with Crippen molar-refractivity contribution in [2.45, 2.75) is 33.1 Å². The third kappa shape index (κ3) is 4.91. The molecule has 0 aliphatic heterocycles. The minimum atomic E-state index is -4.86. The summed E-state index contributed by atoms with van der Waals surface area (Å²) in [6, 6.07) is 9.21. The maximum absolute atomic E-state index is 13.5. The topological polar surface area (TPSA) is 32.3 Å². The number of nitrogens with one attached hydrogen (secondary N) is 1. The number of amides is 1. The highest BCUT2D eigenvalue weighted by Crippen LogP contribution is 2.41. The Bertz CT molecular complexity index is 1180. The Morgan fingerprint density at radius 3 is 2.12 bits per heavy atom. The zero-order chi connectivity index (χ0) is 24.6. The molecular weight excluding hydrogens is 446 g/mol. The van der Waals surface area contributed by atoms with Crippen molar-refractivity contribution < 1.29 is 31.1 Å². The summed E-state index contributed by atoms with van der Waals surface area (Å²) in [6.45, 7) is 6.37. The lowest BCUT2D eigenvalue weighted by atomic mass is 9.97. The SMILES string of the molecule is CCN(CC)C(=O)c1ccc(Nc2cc(C(F)(F)F)ccc2C(F)(F)F)c2cccc(C)c12. The number of anilines is 2. The van der Waals surface area contributed by atoms with Crippen LogP contribution in [-0.2, 0) is 12.4 Å². The van der Waals surface area contributed by atoms with Crippen molar-refractivity contribution in [1.82, 2.24) is 4.90 Å². The van der Waals surface area contributed by atoms with Crippen LogP contribution in [0.5, 0.6) is 0 Å². The minimum Gasteiger partial charge on any atom is -0.355 e. The molecular formula is C24H22F6N2O. The maximum Gasteiger partial charge on any atom is 0.418 e. The van der Waals surface area contributed by atoms with Gasteiger partial charge >= 0.3 is 12.4 Å². The molecule has 176 valence electrons. The first kappa shape index (κ1) is 24.4. The predicted molar refractivity (Wildman–Crippen MR) is 116 cm³/mol. The fraction of sp³-hybridized carbons (Fsp3) is 0.292. The molecule has 0 atom stereocenters. The number of hydrogen-bond donors (Lipinski definition) is 1. The summed E-state index contributed by atoms with van der Waals surface area (Å²) in [4.78, 5) is 14.6. The van der Waals surface area contributed by atoms with Crippen LogP contribution in [0, 0.1) is 6.92 Å². The van der Waals surface area contributed by atoms with Gasteiger partial charge in [0.05, 0.1) is 16.8 Å². The number of rotatable bonds is 5. The zero-order valence-corrected chi connectivity index (χ0v) is 18.2. The largest absolute Gasteiger partial charge is 0.418 e. The van der Waals surface area contributed by atoms with E-state index in [4.69, 9.17) is 0 Å². The lowest BCUT2D eigenvalue weighted by molar-refractivity contribution is -0.140. The molecule has 0 unspecified atom stereocenters. The fourth-order valence-electron chi connectivity index (χ4n) is 3.77. The summed E-state index contributed by atoms with van der Waals surface area (Å²) in [5, 5.41) is 3.50. The number of aryl methyl sites for hydroxylation is 1. The normalized spacial score (nSPS) is 12.2. The van der Waals surface area contributed by atoms with E-state index in [-0.39, 0.29) is 11.6 Å². The fourth-order valence-corrected chi connectivity index (χ4v) is 3.77. The van der Waals surface area contributed by atoms with Gasteiger partial charge in [-0.25, -0.2) is 0 Å². The van der Waals surface area contributed by atoms with Crippen LogP contribution in [0.25, 0.3) is 10.8 Å². The van der Waals surface area contributed by atoms with Crippen LogP contribution in [0.1, 0.15) is 40.9 Å². The summed E-state index contributed by atoms with van der Waals surface area (Å²) >= 11 is 0. The van der Waals surface area contributed by atoms with E-state index < -0.39 is 29.2 Å². The van der Waals surface area contributed by atoms with Crippen LogP contribution in [-0.4, -0.2) is 23.9 Å². The van der Waals surface area contributed by atoms with Gasteiger partial charge in [-0.05, 0) is 62.1 Å². The van der Waals surface area contributed by atoms with Gasteiger partial charge in [0.15, 0.2) is 0 Å². The molecule has 3 aromatic rings. The van der Waals surface area contributed by atoms with Crippen LogP contribution in [0.15, 0.2) is 48.5 Å². The van der Waals surface area contributed by atoms with E-state index >= 15 is 0 Å². The molecule has 3 aromatic carbocycles. The number of fused-ring (bicyclic) bond motifs is 1. The molecule has 0 saturated carbocycles. The highest BCUT2D eigenvalue weighted by Gasteiger charge is 2.37. The molecule has 0 aliphatic rings. The third-order valence-corrected chi connectivity index (χ3v) is 5.45. The van der Waals surface area contributed by atoms with E-state index in [1.54, 1.807) is 30.0 Å². The minimum absolute atomic E-state index is 0.162. The number of hydrogen-bond acceptors (Lipinski definition) is 2. The van der Waals surface area contributed by atoms with Crippen LogP contribution >= 0.6 is 0 Å². The van der Waals surface area contributed by atoms with E-state index in [1.165, 1.54) is 12.1 Å². The summed E-state index contributed by atoms with van der Waals surface area (Å²) in [5.41, 5.74) is -1.90. The summed E-state index contributed by atoms with van der Waals surface area (Å²) in [5.74, 6) is -0.235. The van der Waals surface area contributed by atoms with Crippen molar-refractivity contribution in [2.24, 2.45) is 0 Å². The van der Waals surface area contributed by atoms with Gasteiger partial charge in [0, 0.05) is 29.7 Å². The van der Waals surface area contributed by atoms with Crippen molar-refractivity contribution in [1.29, 1.82) is 0 Å². The molecule has 0 aromatic heterocycles. The van der Waals surface area contributed by atoms with E-state index in [0.29, 0.717) is 53.2 Å². The number of carbonyl (C=O) groups excluding carboxylic acids is 1. The van der Waals surface area contributed by atoms with Crippen molar-refractivity contribution in [3.8, 4) is 0 Å². The molecule has 0 spiro atoms. The molecule has 9 heteroatoms. The van der Waals surface area contributed by atoms with E-state index in [9.17, 15) is 31.1 Å². The second-order valence-corrected chi connectivity index (χ2v) is 7.52. The number of halogens is 6. The number of nitrogens with zero attached hydrogens (tertiary/aromatic N) is 1. The second kappa shape index (κ2) is 8.96. The summed E-state index contributed by atoms with van der Waals surface area (Å²) in [6.07, 6.45) is -9.67. The molecule has 3 nitrogen and oxygen atoms in total. The van der Waals surface area contributed by atoms with E-state index in [0.717, 1.165) is 0 Å². The molecule has 0 saturated heterocycles. The van der Waals surface area contributed by atoms with Crippen molar-refractivity contribution in [2.75, 3.05) is 18.4 Å².